The van der Waals surface area contributed by atoms with E-state index < -0.39 is 82.8 Å². The number of likely N-dealkylation sites (N-methyl/N-ethyl adjacent to an activating group) is 2. The number of carboxylic acid groups (broad SMARTS) is 1. The molecule has 1 aromatic heterocycles. The van der Waals surface area contributed by atoms with Gasteiger partial charge in [0.2, 0.25) is 35.4 Å². The number of carbonyl (C=O) groups is 9. The predicted octanol–water partition coefficient (Wildman–Crippen LogP) is 8.03. The van der Waals surface area contributed by atoms with Crippen molar-refractivity contribution in [3.05, 3.63) is 142 Å². The lowest BCUT2D eigenvalue weighted by Gasteiger charge is -2.39. The molecule has 0 radical (unpaired) electrons. The highest BCUT2D eigenvalue weighted by molar-refractivity contribution is 6.01. The van der Waals surface area contributed by atoms with E-state index in [0.717, 1.165) is 44.4 Å². The molecule has 22 nitrogen and oxygen atoms in total. The van der Waals surface area contributed by atoms with Crippen molar-refractivity contribution in [1.82, 2.24) is 41.4 Å². The highest BCUT2D eigenvalue weighted by Gasteiger charge is 2.43. The molecule has 91 heavy (non-hydrogen) atoms. The van der Waals surface area contributed by atoms with E-state index in [0.29, 0.717) is 17.8 Å². The van der Waals surface area contributed by atoms with Gasteiger partial charge in [-0.25, -0.2) is 14.4 Å². The van der Waals surface area contributed by atoms with Crippen molar-refractivity contribution in [2.75, 3.05) is 30.9 Å². The molecule has 5 atom stereocenters. The van der Waals surface area contributed by atoms with E-state index in [1.807, 2.05) is 145 Å². The Morgan fingerprint density at radius 3 is 2.04 bits per heavy atom. The number of anilines is 2. The molecule has 6 rings (SSSR count). The zero-order valence-corrected chi connectivity index (χ0v) is 54.6. The van der Waals surface area contributed by atoms with E-state index in [2.05, 4.69) is 37.2 Å². The average molecular weight is 1250 g/mol. The second kappa shape index (κ2) is 31.4. The van der Waals surface area contributed by atoms with Crippen LogP contribution in [-0.4, -0.2) is 119 Å². The number of nitrogens with two attached hydrogens (primary N) is 1. The van der Waals surface area contributed by atoms with Crippen LogP contribution in [0.2, 0.25) is 0 Å². The number of ether oxygens (including phenoxy) is 1. The van der Waals surface area contributed by atoms with Gasteiger partial charge in [-0.3, -0.25) is 28.8 Å². The largest absolute Gasteiger partial charge is 0.478 e. The van der Waals surface area contributed by atoms with E-state index in [4.69, 9.17) is 10.5 Å². The van der Waals surface area contributed by atoms with Gasteiger partial charge in [-0.2, -0.15) is 0 Å². The third kappa shape index (κ3) is 18.9. The first kappa shape index (κ1) is 70.8. The van der Waals surface area contributed by atoms with Crippen LogP contribution in [0.3, 0.4) is 0 Å². The lowest BCUT2D eigenvalue weighted by atomic mass is 9.76. The van der Waals surface area contributed by atoms with Crippen LogP contribution < -0.4 is 47.9 Å². The van der Waals surface area contributed by atoms with Gasteiger partial charge in [-0.15, -0.1) is 0 Å². The first-order valence-corrected chi connectivity index (χ1v) is 30.7. The van der Waals surface area contributed by atoms with Gasteiger partial charge in [-0.05, 0) is 102 Å². The standard InChI is InChI=1S/C69H91N11O11/c1-41(2)54(35-43(5)65(87)88)79(13)64(86)60(68(6,7)8)77-63(85)59(71-11)69(9,10)51-39-78(12)55-36-45(26-31-50(51)55)37-73-67(90)91-40-44-24-29-49(30-25-44)74-61(83)52(22-18-34-72-66(70)89)75-62(84)58(42(3)4)76-56(81)32-33-57(82)80-38-48-21-15-14-19-46(48)27-28-47-20-16-17-23-53(47)80/h14-17,19-21,23-31,35-36,39,41-42,52,54,58-60,71H,18,22,32-34,37-38,40H2,1-13H3,(H,73,90)(H,74,83)(H,75,84)(H,76,81)(H,77,85)(H,87,88)(H3,70,72,89)/b28-27-,43-35+/t52-,54+,58-,59-,60+/m0/s1. The number of hydrogen-bond donors (Lipinski definition) is 9. The second-order valence-electron chi connectivity index (χ2n) is 25.6. The summed E-state index contributed by atoms with van der Waals surface area (Å²) < 4.78 is 7.50. The Labute approximate surface area is 533 Å². The number of aliphatic carboxylic acids is 1. The van der Waals surface area contributed by atoms with Crippen LogP contribution in [0.5, 0.6) is 0 Å². The number of hydrogen-bond acceptors (Lipinski definition) is 11. The summed E-state index contributed by atoms with van der Waals surface area (Å²) in [4.78, 5) is 123. The number of benzene rings is 4. The molecule has 0 spiro atoms. The normalized spacial score (nSPS) is 14.5. The molecule has 5 aromatic rings. The Morgan fingerprint density at radius 2 is 1.41 bits per heavy atom. The number of amides is 9. The Kier molecular flexibility index (Phi) is 24.4. The number of rotatable bonds is 27. The maximum absolute atomic E-state index is 14.4. The van der Waals surface area contributed by atoms with Gasteiger partial charge in [0.05, 0.1) is 24.3 Å². The van der Waals surface area contributed by atoms with Crippen molar-refractivity contribution in [2.45, 2.75) is 150 Å². The summed E-state index contributed by atoms with van der Waals surface area (Å²) in [5.74, 6) is -4.29. The van der Waals surface area contributed by atoms with E-state index >= 15 is 0 Å². The predicted molar refractivity (Wildman–Crippen MR) is 353 cm³/mol. The number of nitrogens with one attached hydrogen (secondary N) is 7. The first-order chi connectivity index (χ1) is 42.9. The quantitative estimate of drug-likeness (QED) is 0.0178. The van der Waals surface area contributed by atoms with Crippen molar-refractivity contribution >= 4 is 88.0 Å². The minimum Gasteiger partial charge on any atom is -0.478 e. The fraction of sp³-hybridized carbons (Fsp3) is 0.435. The Balaban J connectivity index is 1.03. The van der Waals surface area contributed by atoms with Crippen LogP contribution in [0.15, 0.2) is 109 Å². The molecule has 0 bridgehead atoms. The number of primary amides is 1. The zero-order chi connectivity index (χ0) is 67.1. The second-order valence-corrected chi connectivity index (χ2v) is 25.6. The van der Waals surface area contributed by atoms with Crippen molar-refractivity contribution in [2.24, 2.45) is 30.0 Å². The zero-order valence-electron chi connectivity index (χ0n) is 54.6. The van der Waals surface area contributed by atoms with Gasteiger partial charge in [0.15, 0.2) is 0 Å². The summed E-state index contributed by atoms with van der Waals surface area (Å²) in [6.07, 6.45) is 6.88. The topological polar surface area (TPSA) is 305 Å². The Hall–Kier alpha value is -9.31. The number of urea groups is 1. The fourth-order valence-corrected chi connectivity index (χ4v) is 11.2. The minimum atomic E-state index is -1.11. The van der Waals surface area contributed by atoms with E-state index in [1.54, 1.807) is 63.2 Å². The Morgan fingerprint density at radius 1 is 0.758 bits per heavy atom. The van der Waals surface area contributed by atoms with Gasteiger partial charge in [0.25, 0.3) is 0 Å². The lowest BCUT2D eigenvalue weighted by Crippen LogP contribution is -2.61. The smallest absolute Gasteiger partial charge is 0.407 e. The summed E-state index contributed by atoms with van der Waals surface area (Å²) >= 11 is 0. The summed E-state index contributed by atoms with van der Waals surface area (Å²) in [7, 11) is 5.22. The van der Waals surface area contributed by atoms with Gasteiger partial charge in [0.1, 0.15) is 24.7 Å². The summed E-state index contributed by atoms with van der Waals surface area (Å²) in [5, 5.41) is 30.4. The molecular weight excluding hydrogens is 1160 g/mol. The van der Waals surface area contributed by atoms with Crippen LogP contribution in [-0.2, 0) is 70.5 Å². The molecule has 9 amide bonds. The molecular formula is C69H91N11O11. The molecule has 0 aliphatic carbocycles. The molecule has 1 aliphatic rings. The fourth-order valence-electron chi connectivity index (χ4n) is 11.2. The average Bonchev–Trinajstić information content (AvgIpc) is 1.66. The van der Waals surface area contributed by atoms with Crippen LogP contribution in [0.25, 0.3) is 23.1 Å². The summed E-state index contributed by atoms with van der Waals surface area (Å²) in [5.41, 5.74) is 10.9. The molecule has 0 saturated carbocycles. The number of para-hydroxylation sites is 1. The first-order valence-electron chi connectivity index (χ1n) is 30.7. The van der Waals surface area contributed by atoms with Gasteiger partial charge < -0.3 is 67.2 Å². The number of carboxylic acids is 1. The Bertz CT molecular complexity index is 3530. The molecule has 10 N–H and O–H groups in total. The van der Waals surface area contributed by atoms with Crippen LogP contribution in [0, 0.1) is 17.3 Å². The number of nitrogens with zero attached hydrogens (tertiary/aromatic N) is 3. The third-order valence-corrected chi connectivity index (χ3v) is 16.5. The maximum Gasteiger partial charge on any atom is 0.407 e. The number of aryl methyl sites for hydroxylation is 1. The van der Waals surface area contributed by atoms with Crippen molar-refractivity contribution in [3.63, 3.8) is 0 Å². The number of aromatic nitrogens is 1. The summed E-state index contributed by atoms with van der Waals surface area (Å²) in [6.45, 7) is 18.8. The summed E-state index contributed by atoms with van der Waals surface area (Å²) in [6, 6.07) is 22.5. The number of fused-ring (bicyclic) bond motifs is 3. The monoisotopic (exact) mass is 1250 g/mol. The van der Waals surface area contributed by atoms with Crippen LogP contribution in [0.1, 0.15) is 128 Å². The van der Waals surface area contributed by atoms with Crippen molar-refractivity contribution < 1.29 is 53.0 Å². The van der Waals surface area contributed by atoms with E-state index in [1.165, 1.54) is 11.8 Å². The van der Waals surface area contributed by atoms with Gasteiger partial charge >= 0.3 is 18.1 Å². The molecule has 4 aromatic carbocycles. The van der Waals surface area contributed by atoms with Crippen molar-refractivity contribution in [3.8, 4) is 0 Å². The van der Waals surface area contributed by atoms with Crippen LogP contribution >= 0.6 is 0 Å². The molecule has 1 aliphatic heterocycles. The number of alkyl carbamates (subject to hydrolysis) is 1. The molecule has 0 saturated heterocycles. The van der Waals surface area contributed by atoms with Gasteiger partial charge in [0, 0.05) is 73.8 Å². The van der Waals surface area contributed by atoms with Gasteiger partial charge in [-0.1, -0.05) is 147 Å². The maximum atomic E-state index is 14.4. The SMILES string of the molecule is CN[C@@H](C(=O)N[C@H](C(=O)N(C)[C@H](/C=C(\C)C(=O)O)C(C)C)C(C)(C)C)C(C)(C)c1cn(C)c2cc(CNC(=O)OCc3ccc(NC(=O)[C@H](CCCNC(N)=O)NC(=O)[C@@H](NC(=O)CCC(=O)N4Cc5ccccc5/C=C\c5ccccc54)C(C)C)cc3)ccc12. The highest BCUT2D eigenvalue weighted by Crippen LogP contribution is 2.36. The highest BCUT2D eigenvalue weighted by atomic mass is 16.5. The minimum absolute atomic E-state index is 0.0964. The van der Waals surface area contributed by atoms with E-state index in [9.17, 15) is 48.3 Å². The van der Waals surface area contributed by atoms with Crippen LogP contribution in [0.4, 0.5) is 21.0 Å². The third-order valence-electron chi connectivity index (χ3n) is 16.5. The van der Waals surface area contributed by atoms with E-state index in [-0.39, 0.29) is 74.6 Å². The lowest BCUT2D eigenvalue weighted by molar-refractivity contribution is -0.141. The van der Waals surface area contributed by atoms with Crippen molar-refractivity contribution in [1.29, 1.82) is 0 Å². The molecule has 2 heterocycles. The molecule has 488 valence electrons. The molecule has 22 heteroatoms. The molecule has 0 fully saturated rings. The molecule has 0 unspecified atom stereocenters. The number of carbonyl (C=O) groups excluding carboxylic acids is 8.